The van der Waals surface area contributed by atoms with Gasteiger partial charge < -0.3 is 19.9 Å². The van der Waals surface area contributed by atoms with E-state index in [4.69, 9.17) is 4.74 Å². The maximum atomic E-state index is 12.1. The van der Waals surface area contributed by atoms with E-state index < -0.39 is 11.8 Å². The Morgan fingerprint density at radius 3 is 2.07 bits per heavy atom. The summed E-state index contributed by atoms with van der Waals surface area (Å²) in [5.74, 6) is -1.46. The van der Waals surface area contributed by atoms with Crippen LogP contribution in [-0.2, 0) is 20.9 Å². The summed E-state index contributed by atoms with van der Waals surface area (Å²) >= 11 is 0. The standard InChI is InChI=1S/C20H20N4O3/c1-2-27-13-15-3-5-16(6-4-15)22-19(25)20(26)23-17-7-9-18(10-8-17)24-12-11-21-14-24/h3-12,14H,2,13H2,1H3,(H,22,25)(H,23,26). The van der Waals surface area contributed by atoms with Crippen molar-refractivity contribution < 1.29 is 14.3 Å². The first kappa shape index (κ1) is 18.3. The summed E-state index contributed by atoms with van der Waals surface area (Å²) in [7, 11) is 0. The van der Waals surface area contributed by atoms with E-state index in [2.05, 4.69) is 15.6 Å². The molecule has 1 aromatic heterocycles. The van der Waals surface area contributed by atoms with Crippen molar-refractivity contribution in [3.8, 4) is 5.69 Å². The van der Waals surface area contributed by atoms with Crippen molar-refractivity contribution in [2.45, 2.75) is 13.5 Å². The van der Waals surface area contributed by atoms with Crippen LogP contribution in [0.5, 0.6) is 0 Å². The molecule has 2 aromatic carbocycles. The van der Waals surface area contributed by atoms with Crippen molar-refractivity contribution in [2.75, 3.05) is 17.2 Å². The Labute approximate surface area is 157 Å². The molecule has 138 valence electrons. The number of ether oxygens (including phenoxy) is 1. The number of nitrogens with zero attached hydrogens (tertiary/aromatic N) is 2. The molecule has 0 aliphatic carbocycles. The lowest BCUT2D eigenvalue weighted by Crippen LogP contribution is -2.29. The van der Waals surface area contributed by atoms with Crippen molar-refractivity contribution in [3.63, 3.8) is 0 Å². The predicted molar refractivity (Wildman–Crippen MR) is 103 cm³/mol. The van der Waals surface area contributed by atoms with E-state index >= 15 is 0 Å². The molecule has 0 saturated carbocycles. The van der Waals surface area contributed by atoms with Gasteiger partial charge in [0.2, 0.25) is 0 Å². The molecular formula is C20H20N4O3. The van der Waals surface area contributed by atoms with Crippen LogP contribution in [0.1, 0.15) is 12.5 Å². The molecule has 27 heavy (non-hydrogen) atoms. The SMILES string of the molecule is CCOCc1ccc(NC(=O)C(=O)Nc2ccc(-n3ccnc3)cc2)cc1. The number of benzene rings is 2. The van der Waals surface area contributed by atoms with Crippen molar-refractivity contribution in [1.82, 2.24) is 9.55 Å². The highest BCUT2D eigenvalue weighted by Crippen LogP contribution is 2.14. The largest absolute Gasteiger partial charge is 0.377 e. The molecule has 7 heteroatoms. The lowest BCUT2D eigenvalue weighted by atomic mass is 10.2. The zero-order chi connectivity index (χ0) is 19.1. The van der Waals surface area contributed by atoms with E-state index in [0.29, 0.717) is 24.6 Å². The quantitative estimate of drug-likeness (QED) is 0.659. The molecule has 2 N–H and O–H groups in total. The second-order valence-corrected chi connectivity index (χ2v) is 5.76. The van der Waals surface area contributed by atoms with Crippen molar-refractivity contribution >= 4 is 23.2 Å². The van der Waals surface area contributed by atoms with Gasteiger partial charge in [-0.15, -0.1) is 0 Å². The number of rotatable bonds is 6. The van der Waals surface area contributed by atoms with Gasteiger partial charge in [0.05, 0.1) is 12.9 Å². The number of nitrogens with one attached hydrogen (secondary N) is 2. The predicted octanol–water partition coefficient (Wildman–Crippen LogP) is 2.99. The van der Waals surface area contributed by atoms with Crippen LogP contribution >= 0.6 is 0 Å². The average Bonchev–Trinajstić information content (AvgIpc) is 3.23. The molecule has 0 fully saturated rings. The Morgan fingerprint density at radius 1 is 0.963 bits per heavy atom. The fourth-order valence-electron chi connectivity index (χ4n) is 2.41. The fourth-order valence-corrected chi connectivity index (χ4v) is 2.41. The number of aromatic nitrogens is 2. The summed E-state index contributed by atoms with van der Waals surface area (Å²) in [6.07, 6.45) is 5.19. The first-order valence-corrected chi connectivity index (χ1v) is 8.53. The van der Waals surface area contributed by atoms with Gasteiger partial charge in [-0.2, -0.15) is 0 Å². The van der Waals surface area contributed by atoms with E-state index in [1.807, 2.05) is 42.0 Å². The van der Waals surface area contributed by atoms with Crippen LogP contribution in [0.4, 0.5) is 11.4 Å². The van der Waals surface area contributed by atoms with Crippen LogP contribution in [0.2, 0.25) is 0 Å². The number of carbonyl (C=O) groups excluding carboxylic acids is 2. The molecule has 0 atom stereocenters. The first-order valence-electron chi connectivity index (χ1n) is 8.53. The lowest BCUT2D eigenvalue weighted by Gasteiger charge is -2.08. The van der Waals surface area contributed by atoms with Crippen LogP contribution in [0.15, 0.2) is 67.3 Å². The Morgan fingerprint density at radius 2 is 1.56 bits per heavy atom. The van der Waals surface area contributed by atoms with Gasteiger partial charge in [0.1, 0.15) is 0 Å². The number of hydrogen-bond donors (Lipinski definition) is 2. The van der Waals surface area contributed by atoms with Crippen LogP contribution in [0.3, 0.4) is 0 Å². The van der Waals surface area contributed by atoms with Gasteiger partial charge in [-0.25, -0.2) is 4.98 Å². The summed E-state index contributed by atoms with van der Waals surface area (Å²) in [5.41, 5.74) is 2.98. The summed E-state index contributed by atoms with van der Waals surface area (Å²) in [5, 5.41) is 5.15. The maximum Gasteiger partial charge on any atom is 0.314 e. The Balaban J connectivity index is 1.55. The van der Waals surface area contributed by atoms with Crippen molar-refractivity contribution in [1.29, 1.82) is 0 Å². The molecule has 0 radical (unpaired) electrons. The van der Waals surface area contributed by atoms with E-state index in [1.165, 1.54) is 0 Å². The van der Waals surface area contributed by atoms with Crippen LogP contribution in [0, 0.1) is 0 Å². The van der Waals surface area contributed by atoms with Crippen LogP contribution < -0.4 is 10.6 Å². The molecule has 0 bridgehead atoms. The Kier molecular flexibility index (Phi) is 5.96. The average molecular weight is 364 g/mol. The van der Waals surface area contributed by atoms with Gasteiger partial charge in [0, 0.05) is 36.1 Å². The maximum absolute atomic E-state index is 12.1. The minimum absolute atomic E-state index is 0.514. The minimum Gasteiger partial charge on any atom is -0.377 e. The van der Waals surface area contributed by atoms with Gasteiger partial charge in [-0.05, 0) is 48.9 Å². The third-order valence-corrected chi connectivity index (χ3v) is 3.82. The highest BCUT2D eigenvalue weighted by molar-refractivity contribution is 6.43. The number of amides is 2. The summed E-state index contributed by atoms with van der Waals surface area (Å²) in [6, 6.07) is 14.3. The Hall–Kier alpha value is -3.45. The van der Waals surface area contributed by atoms with E-state index in [9.17, 15) is 9.59 Å². The van der Waals surface area contributed by atoms with Crippen LogP contribution in [0.25, 0.3) is 5.69 Å². The van der Waals surface area contributed by atoms with Gasteiger partial charge in [-0.1, -0.05) is 12.1 Å². The fraction of sp³-hybridized carbons (Fsp3) is 0.150. The van der Waals surface area contributed by atoms with Crippen molar-refractivity contribution in [2.24, 2.45) is 0 Å². The monoisotopic (exact) mass is 364 g/mol. The molecule has 0 spiro atoms. The topological polar surface area (TPSA) is 85.2 Å². The second-order valence-electron chi connectivity index (χ2n) is 5.76. The molecule has 7 nitrogen and oxygen atoms in total. The third-order valence-electron chi connectivity index (χ3n) is 3.82. The van der Waals surface area contributed by atoms with Gasteiger partial charge in [0.15, 0.2) is 0 Å². The van der Waals surface area contributed by atoms with Gasteiger partial charge in [0.25, 0.3) is 0 Å². The number of imidazole rings is 1. The van der Waals surface area contributed by atoms with E-state index in [-0.39, 0.29) is 0 Å². The normalized spacial score (nSPS) is 10.4. The van der Waals surface area contributed by atoms with Crippen LogP contribution in [-0.4, -0.2) is 28.0 Å². The Bertz CT molecular complexity index is 888. The van der Waals surface area contributed by atoms with Gasteiger partial charge in [-0.3, -0.25) is 9.59 Å². The molecule has 2 amide bonds. The molecular weight excluding hydrogens is 344 g/mol. The molecule has 3 aromatic rings. The minimum atomic E-state index is -0.733. The second kappa shape index (κ2) is 8.77. The number of carbonyl (C=O) groups is 2. The molecule has 1 heterocycles. The highest BCUT2D eigenvalue weighted by atomic mass is 16.5. The smallest absolute Gasteiger partial charge is 0.314 e. The zero-order valence-corrected chi connectivity index (χ0v) is 14.9. The summed E-state index contributed by atoms with van der Waals surface area (Å²) < 4.78 is 7.16. The molecule has 0 unspecified atom stereocenters. The van der Waals surface area contributed by atoms with Crippen molar-refractivity contribution in [3.05, 3.63) is 72.8 Å². The first-order chi connectivity index (χ1) is 13.2. The van der Waals surface area contributed by atoms with E-state index in [0.717, 1.165) is 11.3 Å². The highest BCUT2D eigenvalue weighted by Gasteiger charge is 2.14. The molecule has 3 rings (SSSR count). The molecule has 0 aliphatic heterocycles. The lowest BCUT2D eigenvalue weighted by molar-refractivity contribution is -0.132. The number of anilines is 2. The third kappa shape index (κ3) is 5.02. The molecule has 0 saturated heterocycles. The summed E-state index contributed by atoms with van der Waals surface area (Å²) in [4.78, 5) is 28.1. The van der Waals surface area contributed by atoms with E-state index in [1.54, 1.807) is 36.8 Å². The number of hydrogen-bond acceptors (Lipinski definition) is 4. The van der Waals surface area contributed by atoms with Gasteiger partial charge >= 0.3 is 11.8 Å². The zero-order valence-electron chi connectivity index (χ0n) is 14.9. The summed E-state index contributed by atoms with van der Waals surface area (Å²) in [6.45, 7) is 3.08. The molecule has 0 aliphatic rings.